The van der Waals surface area contributed by atoms with Gasteiger partial charge < -0.3 is 19.5 Å². The minimum Gasteiger partial charge on any atom is -0.383 e. The minimum absolute atomic E-state index is 0.719. The Bertz CT molecular complexity index is 109. The van der Waals surface area contributed by atoms with Crippen LogP contribution in [0.5, 0.6) is 0 Å². The molecule has 0 aliphatic heterocycles. The van der Waals surface area contributed by atoms with Crippen molar-refractivity contribution < 1.29 is 14.2 Å². The Balaban J connectivity index is 2.83. The van der Waals surface area contributed by atoms with E-state index in [1.54, 1.807) is 7.11 Å². The van der Waals surface area contributed by atoms with Gasteiger partial charge in [-0.3, -0.25) is 0 Å². The Kier molecular flexibility index (Phi) is 14.7. The average Bonchev–Trinajstić information content (AvgIpc) is 2.31. The zero-order valence-corrected chi connectivity index (χ0v) is 10.8. The van der Waals surface area contributed by atoms with Crippen LogP contribution in [0.4, 0.5) is 0 Å². The van der Waals surface area contributed by atoms with Gasteiger partial charge in [0.2, 0.25) is 0 Å². The van der Waals surface area contributed by atoms with Crippen molar-refractivity contribution >= 4 is 0 Å². The largest absolute Gasteiger partial charge is 0.383 e. The second-order valence-electron chi connectivity index (χ2n) is 3.67. The second-order valence-corrected chi connectivity index (χ2v) is 3.67. The SMILES string of the molecule is CCCOCCOCCCCNCCOC. The molecule has 0 radical (unpaired) electrons. The molecule has 0 aromatic carbocycles. The van der Waals surface area contributed by atoms with Crippen LogP contribution < -0.4 is 5.32 Å². The molecule has 0 spiro atoms. The highest BCUT2D eigenvalue weighted by molar-refractivity contribution is 4.47. The van der Waals surface area contributed by atoms with Gasteiger partial charge in [-0.25, -0.2) is 0 Å². The number of ether oxygens (including phenoxy) is 3. The Hall–Kier alpha value is -0.160. The smallest absolute Gasteiger partial charge is 0.0700 e. The van der Waals surface area contributed by atoms with Crippen LogP contribution in [0.25, 0.3) is 0 Å². The summed E-state index contributed by atoms with van der Waals surface area (Å²) in [6.45, 7) is 7.98. The first kappa shape index (κ1) is 15.8. The van der Waals surface area contributed by atoms with E-state index in [1.165, 1.54) is 0 Å². The van der Waals surface area contributed by atoms with E-state index < -0.39 is 0 Å². The van der Waals surface area contributed by atoms with Crippen LogP contribution in [0, 0.1) is 0 Å². The van der Waals surface area contributed by atoms with Crippen molar-refractivity contribution in [3.63, 3.8) is 0 Å². The lowest BCUT2D eigenvalue weighted by Crippen LogP contribution is -2.20. The van der Waals surface area contributed by atoms with E-state index >= 15 is 0 Å². The molecule has 0 aliphatic carbocycles. The van der Waals surface area contributed by atoms with E-state index in [0.29, 0.717) is 0 Å². The predicted octanol–water partition coefficient (Wildman–Crippen LogP) is 1.45. The van der Waals surface area contributed by atoms with E-state index in [9.17, 15) is 0 Å². The third kappa shape index (κ3) is 13.8. The maximum atomic E-state index is 5.43. The third-order valence-corrected chi connectivity index (χ3v) is 2.10. The van der Waals surface area contributed by atoms with Crippen LogP contribution in [0.2, 0.25) is 0 Å². The quantitative estimate of drug-likeness (QED) is 0.489. The Labute approximate surface area is 99.6 Å². The van der Waals surface area contributed by atoms with Gasteiger partial charge in [-0.1, -0.05) is 6.92 Å². The van der Waals surface area contributed by atoms with Crippen LogP contribution in [0.15, 0.2) is 0 Å². The van der Waals surface area contributed by atoms with Gasteiger partial charge in [0, 0.05) is 26.9 Å². The zero-order valence-electron chi connectivity index (χ0n) is 10.8. The fourth-order valence-electron chi connectivity index (χ4n) is 1.22. The van der Waals surface area contributed by atoms with Crippen LogP contribution in [0.1, 0.15) is 26.2 Å². The van der Waals surface area contributed by atoms with E-state index in [-0.39, 0.29) is 0 Å². The van der Waals surface area contributed by atoms with Gasteiger partial charge in [0.05, 0.1) is 19.8 Å². The molecule has 0 fully saturated rings. The van der Waals surface area contributed by atoms with Crippen LogP contribution >= 0.6 is 0 Å². The first-order valence-electron chi connectivity index (χ1n) is 6.27. The first-order chi connectivity index (χ1) is 7.91. The molecule has 0 rings (SSSR count). The molecule has 98 valence electrons. The summed E-state index contributed by atoms with van der Waals surface area (Å²) in [6, 6.07) is 0. The third-order valence-electron chi connectivity index (χ3n) is 2.10. The summed E-state index contributed by atoms with van der Waals surface area (Å²) in [5.74, 6) is 0. The summed E-state index contributed by atoms with van der Waals surface area (Å²) < 4.78 is 15.7. The van der Waals surface area contributed by atoms with Crippen LogP contribution in [-0.4, -0.2) is 53.2 Å². The lowest BCUT2D eigenvalue weighted by Gasteiger charge is -2.06. The van der Waals surface area contributed by atoms with Gasteiger partial charge >= 0.3 is 0 Å². The molecular weight excluding hydrogens is 206 g/mol. The zero-order chi connectivity index (χ0) is 11.9. The van der Waals surface area contributed by atoms with Crippen LogP contribution in [0.3, 0.4) is 0 Å². The van der Waals surface area contributed by atoms with Gasteiger partial charge in [0.1, 0.15) is 0 Å². The summed E-state index contributed by atoms with van der Waals surface area (Å²) in [5.41, 5.74) is 0. The molecule has 0 atom stereocenters. The highest BCUT2D eigenvalue weighted by Crippen LogP contribution is 1.89. The van der Waals surface area contributed by atoms with Gasteiger partial charge in [-0.15, -0.1) is 0 Å². The lowest BCUT2D eigenvalue weighted by atomic mass is 10.3. The number of nitrogens with one attached hydrogen (secondary N) is 1. The first-order valence-corrected chi connectivity index (χ1v) is 6.27. The number of hydrogen-bond donors (Lipinski definition) is 1. The molecule has 0 aliphatic rings. The maximum absolute atomic E-state index is 5.43. The standard InChI is InChI=1S/C12H27NO3/c1-3-8-15-11-12-16-9-5-4-6-13-7-10-14-2/h13H,3-12H2,1-2H3. The predicted molar refractivity (Wildman–Crippen MR) is 65.9 cm³/mol. The fourth-order valence-corrected chi connectivity index (χ4v) is 1.22. The molecule has 4 heteroatoms. The van der Waals surface area contributed by atoms with Crippen molar-refractivity contribution in [3.8, 4) is 0 Å². The van der Waals surface area contributed by atoms with E-state index in [2.05, 4.69) is 12.2 Å². The topological polar surface area (TPSA) is 39.7 Å². The molecule has 0 amide bonds. The van der Waals surface area contributed by atoms with Gasteiger partial charge in [-0.2, -0.15) is 0 Å². The molecule has 0 heterocycles. The summed E-state index contributed by atoms with van der Waals surface area (Å²) in [7, 11) is 1.72. The summed E-state index contributed by atoms with van der Waals surface area (Å²) in [5, 5.41) is 3.30. The molecule has 0 saturated heterocycles. The molecule has 0 aromatic rings. The Morgan fingerprint density at radius 1 is 0.812 bits per heavy atom. The summed E-state index contributed by atoms with van der Waals surface area (Å²) in [6.07, 6.45) is 3.33. The van der Waals surface area contributed by atoms with Crippen molar-refractivity contribution in [2.45, 2.75) is 26.2 Å². The van der Waals surface area contributed by atoms with Crippen molar-refractivity contribution in [1.82, 2.24) is 5.32 Å². The molecule has 0 bridgehead atoms. The second kappa shape index (κ2) is 14.8. The molecule has 0 unspecified atom stereocenters. The Morgan fingerprint density at radius 2 is 1.56 bits per heavy atom. The summed E-state index contributed by atoms with van der Waals surface area (Å²) in [4.78, 5) is 0. The normalized spacial score (nSPS) is 10.9. The lowest BCUT2D eigenvalue weighted by molar-refractivity contribution is 0.0467. The minimum atomic E-state index is 0.719. The van der Waals surface area contributed by atoms with Gasteiger partial charge in [0.15, 0.2) is 0 Å². The highest BCUT2D eigenvalue weighted by Gasteiger charge is 1.91. The van der Waals surface area contributed by atoms with E-state index in [0.717, 1.165) is 65.4 Å². The number of methoxy groups -OCH3 is 1. The van der Waals surface area contributed by atoms with E-state index in [4.69, 9.17) is 14.2 Å². The molecule has 0 aromatic heterocycles. The van der Waals surface area contributed by atoms with Gasteiger partial charge in [-0.05, 0) is 25.8 Å². The van der Waals surface area contributed by atoms with Crippen molar-refractivity contribution in [2.75, 3.05) is 53.2 Å². The number of rotatable bonds is 13. The van der Waals surface area contributed by atoms with Gasteiger partial charge in [0.25, 0.3) is 0 Å². The average molecular weight is 233 g/mol. The highest BCUT2D eigenvalue weighted by atomic mass is 16.5. The maximum Gasteiger partial charge on any atom is 0.0700 e. The van der Waals surface area contributed by atoms with Crippen molar-refractivity contribution in [3.05, 3.63) is 0 Å². The van der Waals surface area contributed by atoms with E-state index in [1.807, 2.05) is 0 Å². The molecule has 4 nitrogen and oxygen atoms in total. The Morgan fingerprint density at radius 3 is 2.25 bits per heavy atom. The van der Waals surface area contributed by atoms with Crippen LogP contribution in [-0.2, 0) is 14.2 Å². The van der Waals surface area contributed by atoms with Crippen molar-refractivity contribution in [1.29, 1.82) is 0 Å². The monoisotopic (exact) mass is 233 g/mol. The molecule has 1 N–H and O–H groups in total. The number of hydrogen-bond acceptors (Lipinski definition) is 4. The molecule has 0 saturated carbocycles. The number of unbranched alkanes of at least 4 members (excludes halogenated alkanes) is 1. The summed E-state index contributed by atoms with van der Waals surface area (Å²) >= 11 is 0. The molecular formula is C12H27NO3. The van der Waals surface area contributed by atoms with Crippen molar-refractivity contribution in [2.24, 2.45) is 0 Å². The molecule has 16 heavy (non-hydrogen) atoms. The fraction of sp³-hybridized carbons (Fsp3) is 1.00.